The molecule has 3 aromatic rings. The van der Waals surface area contributed by atoms with Crippen LogP contribution in [0.1, 0.15) is 12.0 Å². The summed E-state index contributed by atoms with van der Waals surface area (Å²) in [5.41, 5.74) is 1.79. The van der Waals surface area contributed by atoms with Gasteiger partial charge < -0.3 is 10.2 Å². The molecule has 4 rings (SSSR count). The SMILES string of the molecule is O=C(CC1C(=O)N(c2ccccc2)C(=O)N1Cc1cccnc1)Nc1ccc(Cl)cc1. The average molecular weight is 435 g/mol. The van der Waals surface area contributed by atoms with Crippen molar-refractivity contribution in [2.45, 2.75) is 19.0 Å². The van der Waals surface area contributed by atoms with Gasteiger partial charge in [0.2, 0.25) is 5.91 Å². The summed E-state index contributed by atoms with van der Waals surface area (Å²) in [4.78, 5) is 45.7. The number of carbonyl (C=O) groups excluding carboxylic acids is 3. The van der Waals surface area contributed by atoms with Gasteiger partial charge in [-0.1, -0.05) is 35.9 Å². The van der Waals surface area contributed by atoms with Crippen LogP contribution in [0.3, 0.4) is 0 Å². The van der Waals surface area contributed by atoms with Gasteiger partial charge in [-0.15, -0.1) is 0 Å². The molecule has 1 atom stereocenters. The van der Waals surface area contributed by atoms with Crippen molar-refractivity contribution >= 4 is 40.8 Å². The van der Waals surface area contributed by atoms with E-state index in [2.05, 4.69) is 10.3 Å². The van der Waals surface area contributed by atoms with Crippen LogP contribution >= 0.6 is 11.6 Å². The lowest BCUT2D eigenvalue weighted by Gasteiger charge is -2.21. The van der Waals surface area contributed by atoms with E-state index in [9.17, 15) is 14.4 Å². The minimum Gasteiger partial charge on any atom is -0.326 e. The standard InChI is InChI=1S/C23H19ClN4O3/c24-17-8-10-18(11-9-17)26-21(29)13-20-22(30)28(19-6-2-1-3-7-19)23(31)27(20)15-16-5-4-12-25-14-16/h1-12,14,20H,13,15H2,(H,26,29). The van der Waals surface area contributed by atoms with Crippen LogP contribution < -0.4 is 10.2 Å². The maximum atomic E-state index is 13.2. The summed E-state index contributed by atoms with van der Waals surface area (Å²) in [6, 6.07) is 17.5. The number of pyridine rings is 1. The molecule has 0 aliphatic carbocycles. The predicted molar refractivity (Wildman–Crippen MR) is 118 cm³/mol. The summed E-state index contributed by atoms with van der Waals surface area (Å²) in [6.45, 7) is 0.167. The number of anilines is 2. The molecule has 0 spiro atoms. The van der Waals surface area contributed by atoms with Crippen molar-refractivity contribution in [3.8, 4) is 0 Å². The molecule has 7 nitrogen and oxygen atoms in total. The molecule has 0 bridgehead atoms. The van der Waals surface area contributed by atoms with Gasteiger partial charge in [-0.2, -0.15) is 0 Å². The number of benzene rings is 2. The van der Waals surface area contributed by atoms with Crippen LogP contribution in [-0.4, -0.2) is 33.8 Å². The molecule has 156 valence electrons. The molecule has 8 heteroatoms. The molecule has 1 aliphatic heterocycles. The quantitative estimate of drug-likeness (QED) is 0.592. The van der Waals surface area contributed by atoms with Crippen LogP contribution in [-0.2, 0) is 16.1 Å². The monoisotopic (exact) mass is 434 g/mol. The Kier molecular flexibility index (Phi) is 5.95. The van der Waals surface area contributed by atoms with E-state index >= 15 is 0 Å². The van der Waals surface area contributed by atoms with Crippen molar-refractivity contribution in [1.82, 2.24) is 9.88 Å². The number of halogens is 1. The van der Waals surface area contributed by atoms with E-state index in [0.29, 0.717) is 16.4 Å². The minimum absolute atomic E-state index is 0.167. The number of aromatic nitrogens is 1. The summed E-state index contributed by atoms with van der Waals surface area (Å²) in [5.74, 6) is -0.814. The second-order valence-corrected chi connectivity index (χ2v) is 7.49. The Hall–Kier alpha value is -3.71. The Balaban J connectivity index is 1.58. The van der Waals surface area contributed by atoms with Crippen LogP contribution in [0, 0.1) is 0 Å². The first-order valence-corrected chi connectivity index (χ1v) is 10.0. The van der Waals surface area contributed by atoms with E-state index < -0.39 is 18.0 Å². The number of para-hydroxylation sites is 1. The number of hydrogen-bond acceptors (Lipinski definition) is 4. The third kappa shape index (κ3) is 4.57. The molecule has 2 aromatic carbocycles. The van der Waals surface area contributed by atoms with E-state index in [4.69, 9.17) is 11.6 Å². The van der Waals surface area contributed by atoms with Crippen LogP contribution in [0.15, 0.2) is 79.1 Å². The Morgan fingerprint density at radius 2 is 1.74 bits per heavy atom. The second kappa shape index (κ2) is 8.97. The maximum absolute atomic E-state index is 13.2. The van der Waals surface area contributed by atoms with Gasteiger partial charge in [0.1, 0.15) is 6.04 Å². The zero-order chi connectivity index (χ0) is 21.8. The third-order valence-corrected chi connectivity index (χ3v) is 5.17. The lowest BCUT2D eigenvalue weighted by molar-refractivity contribution is -0.124. The van der Waals surface area contributed by atoms with Crippen molar-refractivity contribution < 1.29 is 14.4 Å². The van der Waals surface area contributed by atoms with E-state index in [1.165, 1.54) is 4.90 Å². The lowest BCUT2D eigenvalue weighted by atomic mass is 10.1. The van der Waals surface area contributed by atoms with Crippen LogP contribution in [0.25, 0.3) is 0 Å². The highest BCUT2D eigenvalue weighted by molar-refractivity contribution is 6.30. The van der Waals surface area contributed by atoms with Gasteiger partial charge in [0.05, 0.1) is 12.1 Å². The number of urea groups is 1. The van der Waals surface area contributed by atoms with Crippen LogP contribution in [0.4, 0.5) is 16.2 Å². The summed E-state index contributed by atoms with van der Waals surface area (Å²) >= 11 is 5.88. The fourth-order valence-corrected chi connectivity index (χ4v) is 3.56. The number of nitrogens with zero attached hydrogens (tertiary/aromatic N) is 3. The maximum Gasteiger partial charge on any atom is 0.332 e. The average Bonchev–Trinajstić information content (AvgIpc) is 3.00. The molecule has 4 amide bonds. The fourth-order valence-electron chi connectivity index (χ4n) is 3.44. The zero-order valence-corrected chi connectivity index (χ0v) is 17.2. The number of rotatable bonds is 6. The Morgan fingerprint density at radius 1 is 1.00 bits per heavy atom. The lowest BCUT2D eigenvalue weighted by Crippen LogP contribution is -2.37. The predicted octanol–water partition coefficient (Wildman–Crippen LogP) is 4.10. The molecule has 1 saturated heterocycles. The smallest absolute Gasteiger partial charge is 0.326 e. The first kappa shape index (κ1) is 20.6. The highest BCUT2D eigenvalue weighted by Gasteiger charge is 2.46. The molecule has 1 fully saturated rings. The third-order valence-electron chi connectivity index (χ3n) is 4.92. The number of carbonyl (C=O) groups is 3. The molecule has 31 heavy (non-hydrogen) atoms. The summed E-state index contributed by atoms with van der Waals surface area (Å²) in [6.07, 6.45) is 3.10. The Morgan fingerprint density at radius 3 is 2.42 bits per heavy atom. The summed E-state index contributed by atoms with van der Waals surface area (Å²) < 4.78 is 0. The van der Waals surface area contributed by atoms with Gasteiger partial charge in [-0.25, -0.2) is 9.69 Å². The van der Waals surface area contributed by atoms with Crippen molar-refractivity contribution in [1.29, 1.82) is 0 Å². The molecular formula is C23H19ClN4O3. The second-order valence-electron chi connectivity index (χ2n) is 7.06. The topological polar surface area (TPSA) is 82.6 Å². The van der Waals surface area contributed by atoms with E-state index in [1.54, 1.807) is 73.1 Å². The first-order chi connectivity index (χ1) is 15.0. The highest BCUT2D eigenvalue weighted by Crippen LogP contribution is 2.28. The normalized spacial score (nSPS) is 16.0. The Labute approximate surface area is 184 Å². The fraction of sp³-hybridized carbons (Fsp3) is 0.130. The van der Waals surface area contributed by atoms with Crippen molar-refractivity contribution in [2.24, 2.45) is 0 Å². The van der Waals surface area contributed by atoms with E-state index in [-0.39, 0.29) is 18.9 Å². The number of imide groups is 1. The number of nitrogens with one attached hydrogen (secondary N) is 1. The zero-order valence-electron chi connectivity index (χ0n) is 16.4. The Bertz CT molecular complexity index is 1090. The molecule has 0 radical (unpaired) electrons. The minimum atomic E-state index is -0.930. The molecular weight excluding hydrogens is 416 g/mol. The molecule has 1 aromatic heterocycles. The van der Waals surface area contributed by atoms with Gasteiger partial charge in [0.15, 0.2) is 0 Å². The highest BCUT2D eigenvalue weighted by atomic mass is 35.5. The molecule has 1 unspecified atom stereocenters. The summed E-state index contributed by atoms with van der Waals surface area (Å²) in [5, 5.41) is 3.30. The molecule has 1 aliphatic rings. The van der Waals surface area contributed by atoms with Gasteiger partial charge in [0.25, 0.3) is 5.91 Å². The van der Waals surface area contributed by atoms with Crippen LogP contribution in [0.2, 0.25) is 5.02 Å². The summed E-state index contributed by atoms with van der Waals surface area (Å²) in [7, 11) is 0. The van der Waals surface area contributed by atoms with Crippen LogP contribution in [0.5, 0.6) is 0 Å². The van der Waals surface area contributed by atoms with E-state index in [1.807, 2.05) is 6.07 Å². The van der Waals surface area contributed by atoms with Crippen molar-refractivity contribution in [2.75, 3.05) is 10.2 Å². The molecule has 1 N–H and O–H groups in total. The van der Waals surface area contributed by atoms with Gasteiger partial charge in [0, 0.05) is 29.6 Å². The van der Waals surface area contributed by atoms with Gasteiger partial charge in [-0.3, -0.25) is 14.6 Å². The van der Waals surface area contributed by atoms with Crippen molar-refractivity contribution in [3.63, 3.8) is 0 Å². The first-order valence-electron chi connectivity index (χ1n) is 9.67. The van der Waals surface area contributed by atoms with Gasteiger partial charge >= 0.3 is 6.03 Å². The largest absolute Gasteiger partial charge is 0.332 e. The van der Waals surface area contributed by atoms with E-state index in [0.717, 1.165) is 10.5 Å². The number of amides is 4. The molecule has 0 saturated carbocycles. The molecule has 2 heterocycles. The van der Waals surface area contributed by atoms with Crippen molar-refractivity contribution in [3.05, 3.63) is 89.7 Å². The number of hydrogen-bond donors (Lipinski definition) is 1. The van der Waals surface area contributed by atoms with Gasteiger partial charge in [-0.05, 0) is 48.0 Å².